The van der Waals surface area contributed by atoms with Crippen molar-refractivity contribution in [2.45, 2.75) is 44.2 Å². The van der Waals surface area contributed by atoms with Gasteiger partial charge in [-0.15, -0.1) is 0 Å². The number of aliphatic hydroxyl groups excluding tert-OH is 1. The molecule has 0 amide bonds. The number of nitrogens with zero attached hydrogens (tertiary/aromatic N) is 1. The molecule has 0 bridgehead atoms. The number of anilines is 2. The number of hydrogen-bond donors (Lipinski definition) is 3. The van der Waals surface area contributed by atoms with Gasteiger partial charge in [-0.3, -0.25) is 10.1 Å². The lowest BCUT2D eigenvalue weighted by Crippen LogP contribution is -2.32. The molecule has 2 rings (SSSR count). The van der Waals surface area contributed by atoms with E-state index in [0.717, 1.165) is 32.1 Å². The van der Waals surface area contributed by atoms with Gasteiger partial charge in [0.05, 0.1) is 17.1 Å². The van der Waals surface area contributed by atoms with E-state index in [0.29, 0.717) is 11.4 Å². The molecular weight excluding hydrogens is 258 g/mol. The zero-order valence-electron chi connectivity index (χ0n) is 11.6. The summed E-state index contributed by atoms with van der Waals surface area (Å²) >= 11 is 0. The van der Waals surface area contributed by atoms with E-state index in [4.69, 9.17) is 0 Å². The molecule has 6 heteroatoms. The molecule has 0 aliphatic heterocycles. The van der Waals surface area contributed by atoms with Gasteiger partial charge in [0, 0.05) is 30.6 Å². The van der Waals surface area contributed by atoms with Crippen LogP contribution in [0.3, 0.4) is 0 Å². The molecule has 1 aromatic carbocycles. The zero-order chi connectivity index (χ0) is 14.5. The molecule has 1 fully saturated rings. The molecule has 6 nitrogen and oxygen atoms in total. The smallest absolute Gasteiger partial charge is 0.273 e. The Morgan fingerprint density at radius 2 is 1.90 bits per heavy atom. The molecule has 1 aromatic rings. The minimum atomic E-state index is -0.407. The van der Waals surface area contributed by atoms with Gasteiger partial charge in [-0.05, 0) is 18.9 Å². The Labute approximate surface area is 118 Å². The molecule has 0 radical (unpaired) electrons. The highest BCUT2D eigenvalue weighted by Gasteiger charge is 2.22. The van der Waals surface area contributed by atoms with E-state index in [9.17, 15) is 15.2 Å². The van der Waals surface area contributed by atoms with Gasteiger partial charge in [0.2, 0.25) is 0 Å². The average molecular weight is 279 g/mol. The van der Waals surface area contributed by atoms with Gasteiger partial charge in [0.1, 0.15) is 0 Å². The van der Waals surface area contributed by atoms with Gasteiger partial charge in [-0.1, -0.05) is 19.3 Å². The number of aliphatic hydroxyl groups is 1. The summed E-state index contributed by atoms with van der Waals surface area (Å²) in [5.41, 5.74) is 1.40. The van der Waals surface area contributed by atoms with Crippen molar-refractivity contribution in [3.8, 4) is 0 Å². The number of hydrogen-bond acceptors (Lipinski definition) is 5. The van der Waals surface area contributed by atoms with Gasteiger partial charge >= 0.3 is 0 Å². The van der Waals surface area contributed by atoms with E-state index in [2.05, 4.69) is 10.6 Å². The van der Waals surface area contributed by atoms with Crippen LogP contribution in [0.5, 0.6) is 0 Å². The highest BCUT2D eigenvalue weighted by atomic mass is 16.6. The topological polar surface area (TPSA) is 87.4 Å². The second kappa shape index (κ2) is 6.56. The van der Waals surface area contributed by atoms with Crippen LogP contribution in [0.4, 0.5) is 17.1 Å². The molecule has 2 unspecified atom stereocenters. The van der Waals surface area contributed by atoms with Gasteiger partial charge in [0.15, 0.2) is 0 Å². The first kappa shape index (κ1) is 14.6. The first-order valence-electron chi connectivity index (χ1n) is 7.02. The molecular formula is C14H21N3O3. The van der Waals surface area contributed by atoms with Gasteiger partial charge in [-0.25, -0.2) is 0 Å². The summed E-state index contributed by atoms with van der Waals surface area (Å²) < 4.78 is 0. The average Bonchev–Trinajstić information content (AvgIpc) is 2.64. The first-order chi connectivity index (χ1) is 9.60. The van der Waals surface area contributed by atoms with Crippen molar-refractivity contribution in [3.63, 3.8) is 0 Å². The lowest BCUT2D eigenvalue weighted by atomic mass is 10.1. The van der Waals surface area contributed by atoms with E-state index in [1.165, 1.54) is 12.1 Å². The number of nitro benzene ring substituents is 1. The molecule has 1 saturated carbocycles. The Hall–Kier alpha value is -1.82. The molecule has 2 atom stereocenters. The van der Waals surface area contributed by atoms with E-state index < -0.39 is 11.0 Å². The van der Waals surface area contributed by atoms with Crippen LogP contribution in [-0.4, -0.2) is 29.2 Å². The molecule has 0 aromatic heterocycles. The minimum absolute atomic E-state index is 0.0378. The largest absolute Gasteiger partial charge is 0.391 e. The van der Waals surface area contributed by atoms with Crippen LogP contribution in [0.2, 0.25) is 0 Å². The van der Waals surface area contributed by atoms with Crippen LogP contribution in [0, 0.1) is 10.1 Å². The van der Waals surface area contributed by atoms with E-state index in [-0.39, 0.29) is 11.7 Å². The predicted octanol–water partition coefficient (Wildman–Crippen LogP) is 2.74. The SMILES string of the molecule is CNc1cc(NC2CCCCCC2O)cc([N+](=O)[O-])c1. The fourth-order valence-electron chi connectivity index (χ4n) is 2.61. The fraction of sp³-hybridized carbons (Fsp3) is 0.571. The Morgan fingerprint density at radius 1 is 1.20 bits per heavy atom. The summed E-state index contributed by atoms with van der Waals surface area (Å²) in [7, 11) is 1.73. The van der Waals surface area contributed by atoms with Crippen LogP contribution in [0.25, 0.3) is 0 Å². The van der Waals surface area contributed by atoms with E-state index in [1.54, 1.807) is 7.05 Å². The van der Waals surface area contributed by atoms with Crippen LogP contribution >= 0.6 is 0 Å². The quantitative estimate of drug-likeness (QED) is 0.448. The van der Waals surface area contributed by atoms with E-state index in [1.807, 2.05) is 6.07 Å². The molecule has 0 saturated heterocycles. The zero-order valence-corrected chi connectivity index (χ0v) is 11.6. The minimum Gasteiger partial charge on any atom is -0.391 e. The highest BCUT2D eigenvalue weighted by Crippen LogP contribution is 2.27. The van der Waals surface area contributed by atoms with Crippen molar-refractivity contribution in [2.75, 3.05) is 17.7 Å². The van der Waals surface area contributed by atoms with Crippen LogP contribution in [0.1, 0.15) is 32.1 Å². The summed E-state index contributed by atoms with van der Waals surface area (Å²) in [4.78, 5) is 10.5. The lowest BCUT2D eigenvalue weighted by molar-refractivity contribution is -0.384. The van der Waals surface area contributed by atoms with Crippen molar-refractivity contribution >= 4 is 17.1 Å². The number of rotatable bonds is 4. The normalized spacial score (nSPS) is 22.9. The van der Waals surface area contributed by atoms with Crippen molar-refractivity contribution in [2.24, 2.45) is 0 Å². The van der Waals surface area contributed by atoms with Crippen LogP contribution in [0.15, 0.2) is 18.2 Å². The maximum atomic E-state index is 10.9. The number of benzene rings is 1. The molecule has 110 valence electrons. The summed E-state index contributed by atoms with van der Waals surface area (Å²) in [5.74, 6) is 0. The summed E-state index contributed by atoms with van der Waals surface area (Å²) in [6.45, 7) is 0. The molecule has 0 spiro atoms. The third-order valence-corrected chi connectivity index (χ3v) is 3.75. The third-order valence-electron chi connectivity index (χ3n) is 3.75. The van der Waals surface area contributed by atoms with Crippen molar-refractivity contribution < 1.29 is 10.0 Å². The number of nitrogens with one attached hydrogen (secondary N) is 2. The molecule has 0 heterocycles. The summed E-state index contributed by atoms with van der Waals surface area (Å²) in [6, 6.07) is 4.79. The van der Waals surface area contributed by atoms with Crippen molar-refractivity contribution in [1.82, 2.24) is 0 Å². The van der Waals surface area contributed by atoms with E-state index >= 15 is 0 Å². The van der Waals surface area contributed by atoms with Crippen LogP contribution in [-0.2, 0) is 0 Å². The first-order valence-corrected chi connectivity index (χ1v) is 7.02. The van der Waals surface area contributed by atoms with Gasteiger partial charge in [0.25, 0.3) is 5.69 Å². The summed E-state index contributed by atoms with van der Waals surface area (Å²) in [6.07, 6.45) is 4.52. The number of nitro groups is 1. The molecule has 20 heavy (non-hydrogen) atoms. The van der Waals surface area contributed by atoms with Gasteiger partial charge < -0.3 is 15.7 Å². The van der Waals surface area contributed by atoms with Crippen LogP contribution < -0.4 is 10.6 Å². The Kier molecular flexibility index (Phi) is 4.79. The highest BCUT2D eigenvalue weighted by molar-refractivity contribution is 5.63. The molecule has 1 aliphatic carbocycles. The Bertz CT molecular complexity index is 479. The maximum absolute atomic E-state index is 10.9. The predicted molar refractivity (Wildman–Crippen MR) is 79.1 cm³/mol. The van der Waals surface area contributed by atoms with Crippen molar-refractivity contribution in [1.29, 1.82) is 0 Å². The molecule has 3 N–H and O–H groups in total. The molecule has 1 aliphatic rings. The lowest BCUT2D eigenvalue weighted by Gasteiger charge is -2.23. The summed E-state index contributed by atoms with van der Waals surface area (Å²) in [5, 5.41) is 27.2. The fourth-order valence-corrected chi connectivity index (χ4v) is 2.61. The second-order valence-electron chi connectivity index (χ2n) is 5.23. The standard InChI is InChI=1S/C14H21N3O3/c1-15-10-7-11(9-12(8-10)17(19)20)16-13-5-3-2-4-6-14(13)18/h7-9,13-16,18H,2-6H2,1H3. The third kappa shape index (κ3) is 3.60. The Morgan fingerprint density at radius 3 is 2.60 bits per heavy atom. The Balaban J connectivity index is 2.18. The second-order valence-corrected chi connectivity index (χ2v) is 5.23. The van der Waals surface area contributed by atoms with Crippen molar-refractivity contribution in [3.05, 3.63) is 28.3 Å². The maximum Gasteiger partial charge on any atom is 0.273 e. The number of non-ortho nitro benzene ring substituents is 1. The monoisotopic (exact) mass is 279 g/mol. The van der Waals surface area contributed by atoms with Gasteiger partial charge in [-0.2, -0.15) is 0 Å².